The summed E-state index contributed by atoms with van der Waals surface area (Å²) in [5, 5.41) is 0.734. The zero-order chi connectivity index (χ0) is 17.1. The van der Waals surface area contributed by atoms with Crippen LogP contribution in [0.4, 0.5) is 10.1 Å². The lowest BCUT2D eigenvalue weighted by Crippen LogP contribution is -2.08. The molecule has 0 amide bonds. The van der Waals surface area contributed by atoms with Gasteiger partial charge in [0.05, 0.1) is 5.56 Å². The van der Waals surface area contributed by atoms with Crippen LogP contribution in [-0.4, -0.2) is 27.4 Å². The zero-order valence-corrected chi connectivity index (χ0v) is 13.6. The molecule has 0 fully saturated rings. The largest absolute Gasteiger partial charge is 0.491 e. The molecule has 3 rings (SSSR count). The number of nitrogens with zero attached hydrogens (tertiary/aromatic N) is 1. The Bertz CT molecular complexity index is 901. The summed E-state index contributed by atoms with van der Waals surface area (Å²) in [7, 11) is 3.91. The van der Waals surface area contributed by atoms with Crippen LogP contribution in [0.25, 0.3) is 22.1 Å². The summed E-state index contributed by atoms with van der Waals surface area (Å²) in [5.41, 5.74) is 2.39. The summed E-state index contributed by atoms with van der Waals surface area (Å²) in [5.74, 6) is 0.544. The first kappa shape index (κ1) is 16.1. The number of fused-ring (bicyclic) bond motifs is 1. The lowest BCUT2D eigenvalue weighted by Gasteiger charge is -2.12. The maximum atomic E-state index is 12.3. The van der Waals surface area contributed by atoms with E-state index in [0.717, 1.165) is 16.6 Å². The molecular formula is C19H18FNO3. The molecule has 0 saturated heterocycles. The summed E-state index contributed by atoms with van der Waals surface area (Å²) in [6.07, 6.45) is 0. The van der Waals surface area contributed by atoms with Gasteiger partial charge in [-0.15, -0.1) is 0 Å². The van der Waals surface area contributed by atoms with Crippen molar-refractivity contribution in [3.63, 3.8) is 0 Å². The van der Waals surface area contributed by atoms with Crippen LogP contribution in [0.15, 0.2) is 57.7 Å². The van der Waals surface area contributed by atoms with Crippen molar-refractivity contribution in [2.24, 2.45) is 0 Å². The minimum Gasteiger partial charge on any atom is -0.491 e. The predicted molar refractivity (Wildman–Crippen MR) is 93.7 cm³/mol. The maximum absolute atomic E-state index is 12.3. The molecule has 0 unspecified atom stereocenters. The predicted octanol–water partition coefficient (Wildman–Crippen LogP) is 3.87. The molecule has 4 nitrogen and oxygen atoms in total. The van der Waals surface area contributed by atoms with Crippen molar-refractivity contribution in [3.8, 4) is 16.9 Å². The van der Waals surface area contributed by atoms with Gasteiger partial charge in [-0.1, -0.05) is 12.1 Å². The van der Waals surface area contributed by atoms with E-state index in [9.17, 15) is 9.18 Å². The summed E-state index contributed by atoms with van der Waals surface area (Å²) in [6.45, 7) is -0.549. The average molecular weight is 327 g/mol. The van der Waals surface area contributed by atoms with Crippen molar-refractivity contribution < 1.29 is 13.5 Å². The number of anilines is 1. The highest BCUT2D eigenvalue weighted by Gasteiger charge is 2.09. The Balaban J connectivity index is 2.03. The van der Waals surface area contributed by atoms with Crippen LogP contribution < -0.4 is 15.3 Å². The molecule has 0 radical (unpaired) electrons. The van der Waals surface area contributed by atoms with Gasteiger partial charge >= 0.3 is 5.63 Å². The number of rotatable bonds is 5. The van der Waals surface area contributed by atoms with Gasteiger partial charge in [-0.2, -0.15) is 0 Å². The molecule has 0 bridgehead atoms. The van der Waals surface area contributed by atoms with E-state index in [0.29, 0.717) is 16.9 Å². The van der Waals surface area contributed by atoms with Gasteiger partial charge in [0.25, 0.3) is 0 Å². The van der Waals surface area contributed by atoms with Crippen molar-refractivity contribution in [2.75, 3.05) is 32.3 Å². The number of alkyl halides is 1. The Kier molecular flexibility index (Phi) is 4.51. The average Bonchev–Trinajstić information content (AvgIpc) is 2.59. The Morgan fingerprint density at radius 3 is 2.50 bits per heavy atom. The van der Waals surface area contributed by atoms with Crippen molar-refractivity contribution in [3.05, 3.63) is 59.0 Å². The summed E-state index contributed by atoms with van der Waals surface area (Å²) in [4.78, 5) is 14.2. The fraction of sp³-hybridized carbons (Fsp3) is 0.211. The minimum atomic E-state index is -0.550. The van der Waals surface area contributed by atoms with Crippen LogP contribution >= 0.6 is 0 Å². The third-order valence-electron chi connectivity index (χ3n) is 3.74. The van der Waals surface area contributed by atoms with Gasteiger partial charge in [0.1, 0.15) is 24.6 Å². The van der Waals surface area contributed by atoms with Crippen LogP contribution in [0, 0.1) is 0 Å². The molecule has 5 heteroatoms. The van der Waals surface area contributed by atoms with Crippen molar-refractivity contribution in [1.82, 2.24) is 0 Å². The monoisotopic (exact) mass is 327 g/mol. The Labute approximate surface area is 139 Å². The van der Waals surface area contributed by atoms with E-state index in [1.165, 1.54) is 0 Å². The highest BCUT2D eigenvalue weighted by atomic mass is 19.1. The van der Waals surface area contributed by atoms with Gasteiger partial charge in [0, 0.05) is 25.2 Å². The second-order valence-corrected chi connectivity index (χ2v) is 5.63. The summed E-state index contributed by atoms with van der Waals surface area (Å²) in [6, 6.07) is 14.5. The van der Waals surface area contributed by atoms with Gasteiger partial charge in [-0.05, 0) is 42.0 Å². The van der Waals surface area contributed by atoms with Gasteiger partial charge in [0.2, 0.25) is 0 Å². The van der Waals surface area contributed by atoms with E-state index in [4.69, 9.17) is 9.15 Å². The lowest BCUT2D eigenvalue weighted by molar-refractivity contribution is 0.273. The van der Waals surface area contributed by atoms with Crippen molar-refractivity contribution in [1.29, 1.82) is 0 Å². The van der Waals surface area contributed by atoms with Crippen LogP contribution in [-0.2, 0) is 0 Å². The summed E-state index contributed by atoms with van der Waals surface area (Å²) >= 11 is 0. The molecule has 0 atom stereocenters. The molecular weight excluding hydrogens is 309 g/mol. The number of hydrogen-bond donors (Lipinski definition) is 0. The maximum Gasteiger partial charge on any atom is 0.344 e. The topological polar surface area (TPSA) is 42.7 Å². The van der Waals surface area contributed by atoms with Crippen LogP contribution in [0.3, 0.4) is 0 Å². The quantitative estimate of drug-likeness (QED) is 0.667. The lowest BCUT2D eigenvalue weighted by atomic mass is 10.1. The summed E-state index contributed by atoms with van der Waals surface area (Å²) < 4.78 is 22.9. The minimum absolute atomic E-state index is 0.00113. The molecule has 1 aromatic heterocycles. The van der Waals surface area contributed by atoms with Crippen LogP contribution in [0.2, 0.25) is 0 Å². The molecule has 0 N–H and O–H groups in total. The fourth-order valence-electron chi connectivity index (χ4n) is 2.49. The SMILES string of the molecule is CN(C)c1ccc(-c2cc3cc(OCCF)ccc3oc2=O)cc1. The van der Waals surface area contributed by atoms with Crippen molar-refractivity contribution in [2.45, 2.75) is 0 Å². The number of hydrogen-bond acceptors (Lipinski definition) is 4. The smallest absolute Gasteiger partial charge is 0.344 e. The number of ether oxygens (including phenoxy) is 1. The fourth-order valence-corrected chi connectivity index (χ4v) is 2.49. The third kappa shape index (κ3) is 3.25. The number of halogens is 1. The first-order valence-corrected chi connectivity index (χ1v) is 7.63. The van der Waals surface area contributed by atoms with Gasteiger partial charge in [-0.3, -0.25) is 0 Å². The normalized spacial score (nSPS) is 10.8. The second kappa shape index (κ2) is 6.74. The molecule has 124 valence electrons. The Hall–Kier alpha value is -2.82. The van der Waals surface area contributed by atoms with E-state index in [-0.39, 0.29) is 6.61 Å². The highest BCUT2D eigenvalue weighted by molar-refractivity contribution is 5.83. The van der Waals surface area contributed by atoms with Gasteiger partial charge < -0.3 is 14.1 Å². The molecule has 24 heavy (non-hydrogen) atoms. The standard InChI is InChI=1S/C19H18FNO3/c1-21(2)15-5-3-13(4-6-15)17-12-14-11-16(23-10-9-20)7-8-18(14)24-19(17)22/h3-8,11-12H,9-10H2,1-2H3. The third-order valence-corrected chi connectivity index (χ3v) is 3.74. The first-order valence-electron chi connectivity index (χ1n) is 7.63. The molecule has 0 aliphatic heterocycles. The van der Waals surface area contributed by atoms with E-state index < -0.39 is 12.3 Å². The van der Waals surface area contributed by atoms with Crippen LogP contribution in [0.5, 0.6) is 5.75 Å². The molecule has 3 aromatic rings. The van der Waals surface area contributed by atoms with Gasteiger partial charge in [-0.25, -0.2) is 9.18 Å². The zero-order valence-electron chi connectivity index (χ0n) is 13.6. The van der Waals surface area contributed by atoms with Crippen LogP contribution in [0.1, 0.15) is 0 Å². The molecule has 0 saturated carbocycles. The molecule has 0 spiro atoms. The molecule has 0 aliphatic carbocycles. The van der Waals surface area contributed by atoms with Gasteiger partial charge in [0.15, 0.2) is 0 Å². The molecule has 2 aromatic carbocycles. The van der Waals surface area contributed by atoms with E-state index >= 15 is 0 Å². The van der Waals surface area contributed by atoms with E-state index in [1.807, 2.05) is 43.3 Å². The first-order chi connectivity index (χ1) is 11.6. The molecule has 1 heterocycles. The van der Waals surface area contributed by atoms with Crippen molar-refractivity contribution >= 4 is 16.7 Å². The number of benzene rings is 2. The highest BCUT2D eigenvalue weighted by Crippen LogP contribution is 2.25. The second-order valence-electron chi connectivity index (χ2n) is 5.63. The van der Waals surface area contributed by atoms with E-state index in [2.05, 4.69) is 0 Å². The Morgan fingerprint density at radius 2 is 1.83 bits per heavy atom. The molecule has 0 aliphatic rings. The van der Waals surface area contributed by atoms with E-state index in [1.54, 1.807) is 24.3 Å². The Morgan fingerprint density at radius 1 is 1.08 bits per heavy atom.